The highest BCUT2D eigenvalue weighted by molar-refractivity contribution is 5.77. The van der Waals surface area contributed by atoms with Crippen LogP contribution in [0.4, 0.5) is 0 Å². The highest BCUT2D eigenvalue weighted by Gasteiger charge is 2.43. The second-order valence-electron chi connectivity index (χ2n) is 7.97. The zero-order valence-electron chi connectivity index (χ0n) is 17.8. The van der Waals surface area contributed by atoms with Gasteiger partial charge in [0.15, 0.2) is 0 Å². The van der Waals surface area contributed by atoms with Crippen molar-refractivity contribution in [1.82, 2.24) is 14.7 Å². The summed E-state index contributed by atoms with van der Waals surface area (Å²) < 4.78 is 12.8. The number of ether oxygens (including phenoxy) is 2. The molecular formula is C23H33N3O3. The number of carbonyl (C=O) groups is 1. The number of carbonyl (C=O) groups excluding carboxylic acids is 1. The maximum atomic E-state index is 13.0. The number of aromatic nitrogens is 2. The lowest BCUT2D eigenvalue weighted by atomic mass is 9.73. The third-order valence-electron chi connectivity index (χ3n) is 6.10. The molecule has 1 aliphatic heterocycles. The molecule has 0 amide bonds. The summed E-state index contributed by atoms with van der Waals surface area (Å²) in [4.78, 5) is 15.4. The van der Waals surface area contributed by atoms with Gasteiger partial charge in [0, 0.05) is 25.0 Å². The van der Waals surface area contributed by atoms with Gasteiger partial charge in [0.1, 0.15) is 5.75 Å². The van der Waals surface area contributed by atoms with Gasteiger partial charge in [-0.1, -0.05) is 12.1 Å². The van der Waals surface area contributed by atoms with E-state index < -0.39 is 5.41 Å². The number of nitrogens with zero attached hydrogens (tertiary/aromatic N) is 3. The molecule has 1 aliphatic rings. The standard InChI is InChI=1S/C23H33N3O3/c1-4-29-22(27)23(18-20-7-5-8-21(17-20)28-3)10-15-25(16-11-23)19(2)9-14-26-13-6-12-24-26/h5-8,12-13,17,19H,4,9-11,14-16,18H2,1-3H3. The Morgan fingerprint density at radius 3 is 2.72 bits per heavy atom. The van der Waals surface area contributed by atoms with Crippen molar-refractivity contribution in [2.75, 3.05) is 26.8 Å². The second-order valence-corrected chi connectivity index (χ2v) is 7.97. The van der Waals surface area contributed by atoms with E-state index in [4.69, 9.17) is 9.47 Å². The van der Waals surface area contributed by atoms with Crippen LogP contribution >= 0.6 is 0 Å². The number of hydrogen-bond acceptors (Lipinski definition) is 5. The Morgan fingerprint density at radius 2 is 2.07 bits per heavy atom. The van der Waals surface area contributed by atoms with Crippen molar-refractivity contribution < 1.29 is 14.3 Å². The van der Waals surface area contributed by atoms with Gasteiger partial charge in [0.05, 0.1) is 19.1 Å². The van der Waals surface area contributed by atoms with E-state index in [2.05, 4.69) is 23.0 Å². The van der Waals surface area contributed by atoms with Gasteiger partial charge in [0.25, 0.3) is 0 Å². The summed E-state index contributed by atoms with van der Waals surface area (Å²) in [5.74, 6) is 0.762. The molecule has 0 bridgehead atoms. The lowest BCUT2D eigenvalue weighted by molar-refractivity contribution is -0.159. The predicted octanol–water partition coefficient (Wildman–Crippen LogP) is 3.56. The van der Waals surface area contributed by atoms with Crippen LogP contribution in [-0.2, 0) is 22.5 Å². The molecule has 0 spiro atoms. The van der Waals surface area contributed by atoms with E-state index in [9.17, 15) is 4.79 Å². The van der Waals surface area contributed by atoms with Crippen LogP contribution < -0.4 is 4.74 Å². The molecule has 6 heteroatoms. The Bertz CT molecular complexity index is 767. The Hall–Kier alpha value is -2.34. The van der Waals surface area contributed by atoms with Gasteiger partial charge in [-0.15, -0.1) is 0 Å². The molecule has 6 nitrogen and oxygen atoms in total. The van der Waals surface area contributed by atoms with E-state index in [1.54, 1.807) is 7.11 Å². The van der Waals surface area contributed by atoms with E-state index in [0.717, 1.165) is 50.2 Å². The molecule has 1 saturated heterocycles. The molecule has 0 aliphatic carbocycles. The van der Waals surface area contributed by atoms with Crippen LogP contribution in [0.1, 0.15) is 38.7 Å². The van der Waals surface area contributed by atoms with Crippen molar-refractivity contribution in [2.45, 2.75) is 52.1 Å². The normalized spacial score (nSPS) is 17.6. The molecule has 1 unspecified atom stereocenters. The number of aryl methyl sites for hydroxylation is 1. The van der Waals surface area contributed by atoms with Crippen molar-refractivity contribution >= 4 is 5.97 Å². The Labute approximate surface area is 173 Å². The maximum absolute atomic E-state index is 13.0. The molecule has 1 atom stereocenters. The minimum Gasteiger partial charge on any atom is -0.497 e. The molecule has 0 N–H and O–H groups in total. The van der Waals surface area contributed by atoms with E-state index in [1.807, 2.05) is 48.3 Å². The van der Waals surface area contributed by atoms with Crippen molar-refractivity contribution in [1.29, 1.82) is 0 Å². The largest absolute Gasteiger partial charge is 0.497 e. The van der Waals surface area contributed by atoms with Crippen molar-refractivity contribution in [3.05, 3.63) is 48.3 Å². The Morgan fingerprint density at radius 1 is 1.28 bits per heavy atom. The minimum absolute atomic E-state index is 0.0633. The molecule has 0 saturated carbocycles. The summed E-state index contributed by atoms with van der Waals surface area (Å²) in [5, 5.41) is 4.29. The van der Waals surface area contributed by atoms with E-state index >= 15 is 0 Å². The number of likely N-dealkylation sites (tertiary alicyclic amines) is 1. The maximum Gasteiger partial charge on any atom is 0.312 e. The number of piperidine rings is 1. The Kier molecular flexibility index (Phi) is 7.31. The summed E-state index contributed by atoms with van der Waals surface area (Å²) in [7, 11) is 1.67. The predicted molar refractivity (Wildman–Crippen MR) is 113 cm³/mol. The lowest BCUT2D eigenvalue weighted by Gasteiger charge is -2.42. The number of methoxy groups -OCH3 is 1. The average molecular weight is 400 g/mol. The fourth-order valence-corrected chi connectivity index (χ4v) is 4.24. The van der Waals surface area contributed by atoms with Crippen LogP contribution in [0.5, 0.6) is 5.75 Å². The topological polar surface area (TPSA) is 56.6 Å². The first-order valence-corrected chi connectivity index (χ1v) is 10.6. The molecule has 2 heterocycles. The molecule has 1 aromatic carbocycles. The van der Waals surface area contributed by atoms with Gasteiger partial charge in [-0.2, -0.15) is 5.10 Å². The zero-order chi connectivity index (χ0) is 20.7. The lowest BCUT2D eigenvalue weighted by Crippen LogP contribution is -2.49. The zero-order valence-corrected chi connectivity index (χ0v) is 17.8. The number of hydrogen-bond donors (Lipinski definition) is 0. The van der Waals surface area contributed by atoms with Crippen LogP contribution in [0.15, 0.2) is 42.7 Å². The van der Waals surface area contributed by atoms with Crippen molar-refractivity contribution in [2.24, 2.45) is 5.41 Å². The highest BCUT2D eigenvalue weighted by Crippen LogP contribution is 2.38. The second kappa shape index (κ2) is 9.92. The summed E-state index contributed by atoms with van der Waals surface area (Å²) in [5.41, 5.74) is 0.665. The third-order valence-corrected chi connectivity index (χ3v) is 6.10. The molecule has 2 aromatic rings. The van der Waals surface area contributed by atoms with Gasteiger partial charge in [-0.05, 0) is 76.4 Å². The van der Waals surface area contributed by atoms with Crippen LogP contribution in [0.25, 0.3) is 0 Å². The number of benzene rings is 1. The van der Waals surface area contributed by atoms with Gasteiger partial charge >= 0.3 is 5.97 Å². The minimum atomic E-state index is -0.458. The van der Waals surface area contributed by atoms with E-state index in [0.29, 0.717) is 19.1 Å². The van der Waals surface area contributed by atoms with Gasteiger partial charge in [0.2, 0.25) is 0 Å². The number of rotatable bonds is 9. The third kappa shape index (κ3) is 5.38. The van der Waals surface area contributed by atoms with Crippen molar-refractivity contribution in [3.8, 4) is 5.75 Å². The highest BCUT2D eigenvalue weighted by atomic mass is 16.5. The molecule has 0 radical (unpaired) electrons. The summed E-state index contributed by atoms with van der Waals surface area (Å²) in [6.45, 7) is 7.29. The first-order valence-electron chi connectivity index (χ1n) is 10.6. The van der Waals surface area contributed by atoms with E-state index in [1.165, 1.54) is 0 Å². The van der Waals surface area contributed by atoms with E-state index in [-0.39, 0.29) is 5.97 Å². The quantitative estimate of drug-likeness (QED) is 0.604. The monoisotopic (exact) mass is 399 g/mol. The fourth-order valence-electron chi connectivity index (χ4n) is 4.24. The first kappa shape index (κ1) is 21.4. The van der Waals surface area contributed by atoms with Crippen LogP contribution in [0.2, 0.25) is 0 Å². The van der Waals surface area contributed by atoms with Gasteiger partial charge in [-0.3, -0.25) is 9.48 Å². The molecule has 1 fully saturated rings. The first-order chi connectivity index (χ1) is 14.1. The summed E-state index contributed by atoms with van der Waals surface area (Å²) in [6, 6.07) is 10.4. The molecular weight excluding hydrogens is 366 g/mol. The smallest absolute Gasteiger partial charge is 0.312 e. The van der Waals surface area contributed by atoms with Crippen molar-refractivity contribution in [3.63, 3.8) is 0 Å². The summed E-state index contributed by atoms with van der Waals surface area (Å²) >= 11 is 0. The SMILES string of the molecule is CCOC(=O)C1(Cc2cccc(OC)c2)CCN(C(C)CCn2cccn2)CC1. The fraction of sp³-hybridized carbons (Fsp3) is 0.565. The molecule has 3 rings (SSSR count). The van der Waals surface area contributed by atoms with Gasteiger partial charge in [-0.25, -0.2) is 0 Å². The van der Waals surface area contributed by atoms with Crippen LogP contribution in [-0.4, -0.2) is 53.5 Å². The van der Waals surface area contributed by atoms with Gasteiger partial charge < -0.3 is 14.4 Å². The van der Waals surface area contributed by atoms with Crippen LogP contribution in [0.3, 0.4) is 0 Å². The molecule has 158 valence electrons. The van der Waals surface area contributed by atoms with Crippen LogP contribution in [0, 0.1) is 5.41 Å². The summed E-state index contributed by atoms with van der Waals surface area (Å²) in [6.07, 6.45) is 7.19. The number of esters is 1. The average Bonchev–Trinajstić information content (AvgIpc) is 3.26. The molecule has 1 aromatic heterocycles. The Balaban J connectivity index is 1.65. The molecule has 29 heavy (non-hydrogen) atoms.